The number of hydrogen-bond acceptors (Lipinski definition) is 12. The Balaban J connectivity index is 2.47. The average molecular weight is 941 g/mol. The lowest BCUT2D eigenvalue weighted by atomic mass is 9.85. The van der Waals surface area contributed by atoms with E-state index in [0.29, 0.717) is 19.3 Å². The van der Waals surface area contributed by atoms with Crippen LogP contribution in [0.3, 0.4) is 0 Å². The molecular weight excluding hydrogens is 852 g/mol. The molecule has 0 aromatic heterocycles. The van der Waals surface area contributed by atoms with Crippen molar-refractivity contribution in [3.05, 3.63) is 60.8 Å². The summed E-state index contributed by atoms with van der Waals surface area (Å²) in [4.78, 5) is 35.7. The van der Waals surface area contributed by atoms with Crippen LogP contribution < -0.4 is 0 Å². The third-order valence-electron chi connectivity index (χ3n) is 11.3. The molecule has 0 spiro atoms. The first-order valence-electron chi connectivity index (χ1n) is 25.1. The van der Waals surface area contributed by atoms with Crippen LogP contribution in [0.5, 0.6) is 0 Å². The minimum absolute atomic E-state index is 0.0630. The Kier molecular flexibility index (Phi) is 37.8. The number of aliphatic hydroxyl groups is 5. The van der Waals surface area contributed by atoms with E-state index >= 15 is 0 Å². The normalized spacial score (nSPS) is 21.9. The van der Waals surface area contributed by atoms with E-state index in [0.717, 1.165) is 51.4 Å². The van der Waals surface area contributed by atoms with Gasteiger partial charge in [-0.2, -0.15) is 0 Å². The van der Waals surface area contributed by atoms with Crippen LogP contribution in [-0.4, -0.2) is 98.3 Å². The first-order valence-corrected chi connectivity index (χ1v) is 26.6. The van der Waals surface area contributed by atoms with Crippen LogP contribution in [0.4, 0.5) is 0 Å². The van der Waals surface area contributed by atoms with Crippen LogP contribution in [0, 0.1) is 0 Å². The van der Waals surface area contributed by atoms with Gasteiger partial charge in [-0.15, -0.1) is 0 Å². The lowest BCUT2D eigenvalue weighted by Crippen LogP contribution is -2.64. The molecule has 0 saturated heterocycles. The Hall–Kier alpha value is -2.45. The van der Waals surface area contributed by atoms with Gasteiger partial charge in [0.15, 0.2) is 6.10 Å². The molecule has 376 valence electrons. The highest BCUT2D eigenvalue weighted by atomic mass is 31.2. The molecule has 0 radical (unpaired) electrons. The summed E-state index contributed by atoms with van der Waals surface area (Å²) in [7, 11) is -5.14. The van der Waals surface area contributed by atoms with Crippen LogP contribution >= 0.6 is 7.82 Å². The number of phosphoric acid groups is 1. The molecular formula is C51H89O13P. The van der Waals surface area contributed by atoms with Crippen molar-refractivity contribution >= 4 is 19.8 Å². The zero-order valence-electron chi connectivity index (χ0n) is 40.0. The van der Waals surface area contributed by atoms with Gasteiger partial charge >= 0.3 is 19.8 Å². The van der Waals surface area contributed by atoms with E-state index < -0.39 is 75.7 Å². The summed E-state index contributed by atoms with van der Waals surface area (Å²) >= 11 is 0. The van der Waals surface area contributed by atoms with E-state index in [1.54, 1.807) is 0 Å². The molecule has 8 atom stereocenters. The van der Waals surface area contributed by atoms with Crippen LogP contribution in [-0.2, 0) is 32.7 Å². The van der Waals surface area contributed by atoms with Gasteiger partial charge in [-0.05, 0) is 77.0 Å². The maximum absolute atomic E-state index is 12.8. The number of phosphoric ester groups is 1. The van der Waals surface area contributed by atoms with Crippen molar-refractivity contribution in [3.8, 4) is 0 Å². The molecule has 0 aliphatic heterocycles. The van der Waals surface area contributed by atoms with Gasteiger partial charge in [0.05, 0.1) is 6.61 Å². The van der Waals surface area contributed by atoms with Gasteiger partial charge in [-0.1, -0.05) is 164 Å². The summed E-state index contributed by atoms with van der Waals surface area (Å²) in [6.07, 6.45) is 37.1. The Morgan fingerprint density at radius 3 is 1.32 bits per heavy atom. The summed E-state index contributed by atoms with van der Waals surface area (Å²) < 4.78 is 33.5. The topological polar surface area (TPSA) is 210 Å². The predicted molar refractivity (Wildman–Crippen MR) is 258 cm³/mol. The SMILES string of the molecule is CCCCCCCCC/C=C/C/C=C/C/C=C/C/C=C/CCCC(=O)OC[C@@H](COP(=O)(O)OC1C(O)C(O)C(O)[C@H](O)C1O)OC(=O)CCCCC/C=C/CCCCCCCCCC. The van der Waals surface area contributed by atoms with Crippen LogP contribution in [0.1, 0.15) is 194 Å². The van der Waals surface area contributed by atoms with Crippen molar-refractivity contribution in [3.63, 3.8) is 0 Å². The number of carbonyl (C=O) groups excluding carboxylic acids is 2. The molecule has 14 heteroatoms. The molecule has 1 aliphatic carbocycles. The molecule has 0 aromatic rings. The Bertz CT molecular complexity index is 1370. The molecule has 6 N–H and O–H groups in total. The van der Waals surface area contributed by atoms with E-state index in [1.165, 1.54) is 96.3 Å². The van der Waals surface area contributed by atoms with Crippen molar-refractivity contribution in [1.82, 2.24) is 0 Å². The van der Waals surface area contributed by atoms with Gasteiger partial charge < -0.3 is 39.9 Å². The number of rotatable bonds is 41. The fourth-order valence-electron chi connectivity index (χ4n) is 7.27. The van der Waals surface area contributed by atoms with Crippen molar-refractivity contribution in [2.24, 2.45) is 0 Å². The fraction of sp³-hybridized carbons (Fsp3) is 0.765. The molecule has 0 aromatic carbocycles. The van der Waals surface area contributed by atoms with E-state index in [9.17, 15) is 44.6 Å². The minimum atomic E-state index is -5.14. The molecule has 1 saturated carbocycles. The smallest absolute Gasteiger partial charge is 0.462 e. The Morgan fingerprint density at radius 1 is 0.477 bits per heavy atom. The lowest BCUT2D eigenvalue weighted by Gasteiger charge is -2.41. The highest BCUT2D eigenvalue weighted by Gasteiger charge is 2.51. The Morgan fingerprint density at radius 2 is 0.846 bits per heavy atom. The second-order valence-corrected chi connectivity index (χ2v) is 18.7. The summed E-state index contributed by atoms with van der Waals surface area (Å²) in [5.41, 5.74) is 0. The van der Waals surface area contributed by atoms with Crippen molar-refractivity contribution in [2.45, 2.75) is 236 Å². The second kappa shape index (κ2) is 40.6. The molecule has 1 rings (SSSR count). The highest BCUT2D eigenvalue weighted by Crippen LogP contribution is 2.47. The highest BCUT2D eigenvalue weighted by molar-refractivity contribution is 7.47. The minimum Gasteiger partial charge on any atom is -0.462 e. The molecule has 0 amide bonds. The monoisotopic (exact) mass is 941 g/mol. The number of carbonyl (C=O) groups is 2. The summed E-state index contributed by atoms with van der Waals surface area (Å²) in [6.45, 7) is 3.24. The lowest BCUT2D eigenvalue weighted by molar-refractivity contribution is -0.220. The molecule has 13 nitrogen and oxygen atoms in total. The molecule has 65 heavy (non-hydrogen) atoms. The van der Waals surface area contributed by atoms with E-state index in [1.807, 2.05) is 12.2 Å². The zero-order chi connectivity index (χ0) is 47.8. The number of allylic oxidation sites excluding steroid dienone is 10. The van der Waals surface area contributed by atoms with Crippen molar-refractivity contribution < 1.29 is 63.1 Å². The van der Waals surface area contributed by atoms with Gasteiger partial charge in [0, 0.05) is 12.8 Å². The molecule has 1 aliphatic rings. The predicted octanol–water partition coefficient (Wildman–Crippen LogP) is 10.5. The van der Waals surface area contributed by atoms with Gasteiger partial charge in [0.1, 0.15) is 43.2 Å². The molecule has 0 bridgehead atoms. The number of aliphatic hydroxyl groups excluding tert-OH is 5. The van der Waals surface area contributed by atoms with Gasteiger partial charge in [-0.25, -0.2) is 4.57 Å². The van der Waals surface area contributed by atoms with E-state index in [2.05, 4.69) is 62.5 Å². The van der Waals surface area contributed by atoms with Crippen LogP contribution in [0.2, 0.25) is 0 Å². The van der Waals surface area contributed by atoms with Gasteiger partial charge in [-0.3, -0.25) is 18.6 Å². The van der Waals surface area contributed by atoms with Crippen molar-refractivity contribution in [2.75, 3.05) is 13.2 Å². The zero-order valence-corrected chi connectivity index (χ0v) is 40.9. The Labute approximate surface area is 392 Å². The van der Waals surface area contributed by atoms with Gasteiger partial charge in [0.25, 0.3) is 0 Å². The maximum atomic E-state index is 12.8. The first-order chi connectivity index (χ1) is 31.4. The fourth-order valence-corrected chi connectivity index (χ4v) is 8.25. The van der Waals surface area contributed by atoms with Gasteiger partial charge in [0.2, 0.25) is 0 Å². The first kappa shape index (κ1) is 60.6. The van der Waals surface area contributed by atoms with E-state index in [-0.39, 0.29) is 12.8 Å². The number of ether oxygens (including phenoxy) is 2. The maximum Gasteiger partial charge on any atom is 0.472 e. The molecule has 6 unspecified atom stereocenters. The quantitative estimate of drug-likeness (QED) is 0.0146. The number of esters is 2. The molecule has 1 fully saturated rings. The third kappa shape index (κ3) is 32.8. The number of hydrogen-bond donors (Lipinski definition) is 6. The van der Waals surface area contributed by atoms with E-state index in [4.69, 9.17) is 18.5 Å². The van der Waals surface area contributed by atoms with Crippen molar-refractivity contribution in [1.29, 1.82) is 0 Å². The summed E-state index contributed by atoms with van der Waals surface area (Å²) in [6, 6.07) is 0. The summed E-state index contributed by atoms with van der Waals surface area (Å²) in [5, 5.41) is 50.2. The second-order valence-electron chi connectivity index (χ2n) is 17.3. The third-order valence-corrected chi connectivity index (χ3v) is 12.3. The van der Waals surface area contributed by atoms with Crippen LogP contribution in [0.25, 0.3) is 0 Å². The largest absolute Gasteiger partial charge is 0.472 e. The van der Waals surface area contributed by atoms with Crippen LogP contribution in [0.15, 0.2) is 60.8 Å². The summed E-state index contributed by atoms with van der Waals surface area (Å²) in [5.74, 6) is -1.18. The molecule has 0 heterocycles. The standard InChI is InChI=1S/C51H89O13P/c1-3-5-7-9-11-13-15-17-19-20-21-22-23-24-26-27-29-31-33-35-37-39-44(52)61-41-43(42-62-65(59,60)64-51-49(57)47(55)46(54)48(56)50(51)58)63-45(53)40-38-36-34-32-30-28-25-18-16-14-12-10-8-6-4-2/h19-20,22-23,26-28,30-31,33,43,46-51,54-58H,3-18,21,24-25,29,32,34-42H2,1-2H3,(H,59,60)/b20-19+,23-22+,27-26+,30-28+,33-31+/t43-,46?,47-,48?,49?,50?,51?/m0/s1. The number of unbranched alkanes of at least 4 members (excludes halogenated alkanes) is 19. The average Bonchev–Trinajstić information content (AvgIpc) is 3.29.